The van der Waals surface area contributed by atoms with Crippen molar-refractivity contribution in [2.24, 2.45) is 5.92 Å². The van der Waals surface area contributed by atoms with Gasteiger partial charge in [0.05, 0.1) is 0 Å². The standard InChI is InChI=1S/C11H19NO/c13-11(12-8-4-5-9-12)10-6-2-1-3-7-10/h10H,1-9H2. The predicted molar refractivity (Wildman–Crippen MR) is 52.4 cm³/mol. The molecule has 1 aliphatic heterocycles. The largest absolute Gasteiger partial charge is 0.342 e. The molecule has 1 amide bonds. The summed E-state index contributed by atoms with van der Waals surface area (Å²) in [5, 5.41) is 0. The SMILES string of the molecule is O=C(C1CCCCC1)N1CCCC1. The molecule has 13 heavy (non-hydrogen) atoms. The molecular weight excluding hydrogens is 162 g/mol. The Labute approximate surface area is 80.3 Å². The Morgan fingerprint density at radius 3 is 2.15 bits per heavy atom. The van der Waals surface area contributed by atoms with Gasteiger partial charge < -0.3 is 4.90 Å². The van der Waals surface area contributed by atoms with Crippen LogP contribution >= 0.6 is 0 Å². The lowest BCUT2D eigenvalue weighted by molar-refractivity contribution is -0.135. The summed E-state index contributed by atoms with van der Waals surface area (Å²) in [7, 11) is 0. The fourth-order valence-corrected chi connectivity index (χ4v) is 2.55. The van der Waals surface area contributed by atoms with E-state index in [2.05, 4.69) is 4.90 Å². The number of hydrogen-bond donors (Lipinski definition) is 0. The molecule has 0 atom stereocenters. The Kier molecular flexibility index (Phi) is 2.87. The molecule has 0 aromatic rings. The summed E-state index contributed by atoms with van der Waals surface area (Å²) in [5.41, 5.74) is 0. The topological polar surface area (TPSA) is 20.3 Å². The average molecular weight is 181 g/mol. The maximum atomic E-state index is 11.9. The van der Waals surface area contributed by atoms with Crippen molar-refractivity contribution in [1.29, 1.82) is 0 Å². The van der Waals surface area contributed by atoms with Gasteiger partial charge in [0.1, 0.15) is 0 Å². The third-order valence-corrected chi connectivity index (χ3v) is 3.37. The van der Waals surface area contributed by atoms with E-state index in [0.717, 1.165) is 25.9 Å². The Balaban J connectivity index is 1.87. The zero-order valence-electron chi connectivity index (χ0n) is 8.30. The van der Waals surface area contributed by atoms with Crippen LogP contribution in [-0.4, -0.2) is 23.9 Å². The van der Waals surface area contributed by atoms with Crippen LogP contribution in [0.3, 0.4) is 0 Å². The van der Waals surface area contributed by atoms with Gasteiger partial charge in [0, 0.05) is 19.0 Å². The van der Waals surface area contributed by atoms with Gasteiger partial charge in [0.2, 0.25) is 5.91 Å². The normalized spacial score (nSPS) is 25.1. The van der Waals surface area contributed by atoms with Gasteiger partial charge in [-0.3, -0.25) is 4.79 Å². The summed E-state index contributed by atoms with van der Waals surface area (Å²) in [6, 6.07) is 0. The molecule has 1 saturated heterocycles. The first-order valence-corrected chi connectivity index (χ1v) is 5.67. The van der Waals surface area contributed by atoms with E-state index < -0.39 is 0 Å². The van der Waals surface area contributed by atoms with Crippen molar-refractivity contribution in [3.63, 3.8) is 0 Å². The van der Waals surface area contributed by atoms with Crippen LogP contribution < -0.4 is 0 Å². The molecule has 1 heterocycles. The van der Waals surface area contributed by atoms with Gasteiger partial charge in [0.15, 0.2) is 0 Å². The van der Waals surface area contributed by atoms with Crippen LogP contribution in [0.4, 0.5) is 0 Å². The van der Waals surface area contributed by atoms with Crippen molar-refractivity contribution in [3.05, 3.63) is 0 Å². The second-order valence-corrected chi connectivity index (χ2v) is 4.37. The van der Waals surface area contributed by atoms with Crippen LogP contribution in [-0.2, 0) is 4.79 Å². The van der Waals surface area contributed by atoms with Gasteiger partial charge in [-0.05, 0) is 25.7 Å². The molecule has 1 aliphatic carbocycles. The summed E-state index contributed by atoms with van der Waals surface area (Å²) < 4.78 is 0. The van der Waals surface area contributed by atoms with Crippen LogP contribution in [0.2, 0.25) is 0 Å². The average Bonchev–Trinajstić information content (AvgIpc) is 2.71. The molecule has 0 radical (unpaired) electrons. The number of nitrogens with zero attached hydrogens (tertiary/aromatic N) is 1. The van der Waals surface area contributed by atoms with E-state index >= 15 is 0 Å². The highest BCUT2D eigenvalue weighted by Crippen LogP contribution is 2.26. The van der Waals surface area contributed by atoms with Crippen molar-refractivity contribution in [2.45, 2.75) is 44.9 Å². The van der Waals surface area contributed by atoms with Crippen LogP contribution in [0.1, 0.15) is 44.9 Å². The number of hydrogen-bond acceptors (Lipinski definition) is 1. The van der Waals surface area contributed by atoms with Crippen molar-refractivity contribution in [1.82, 2.24) is 4.90 Å². The van der Waals surface area contributed by atoms with Crippen LogP contribution in [0.5, 0.6) is 0 Å². The van der Waals surface area contributed by atoms with Gasteiger partial charge in [-0.2, -0.15) is 0 Å². The Morgan fingerprint density at radius 1 is 0.923 bits per heavy atom. The molecule has 2 heteroatoms. The lowest BCUT2D eigenvalue weighted by atomic mass is 9.88. The summed E-state index contributed by atoms with van der Waals surface area (Å²) in [5.74, 6) is 0.837. The zero-order chi connectivity index (χ0) is 9.10. The predicted octanol–water partition coefficient (Wildman–Crippen LogP) is 2.19. The molecule has 2 fully saturated rings. The number of carbonyl (C=O) groups is 1. The molecule has 2 nitrogen and oxygen atoms in total. The molecular formula is C11H19NO. The van der Waals surface area contributed by atoms with Crippen LogP contribution in [0, 0.1) is 5.92 Å². The Morgan fingerprint density at radius 2 is 1.54 bits per heavy atom. The first-order chi connectivity index (χ1) is 6.38. The summed E-state index contributed by atoms with van der Waals surface area (Å²) >= 11 is 0. The highest BCUT2D eigenvalue weighted by atomic mass is 16.2. The first-order valence-electron chi connectivity index (χ1n) is 5.67. The molecule has 0 unspecified atom stereocenters. The number of carbonyl (C=O) groups excluding carboxylic acids is 1. The lowest BCUT2D eigenvalue weighted by Gasteiger charge is -2.25. The minimum absolute atomic E-state index is 0.381. The van der Waals surface area contributed by atoms with Gasteiger partial charge in [-0.25, -0.2) is 0 Å². The third-order valence-electron chi connectivity index (χ3n) is 3.37. The minimum atomic E-state index is 0.381. The van der Waals surface area contributed by atoms with Crippen molar-refractivity contribution in [3.8, 4) is 0 Å². The highest BCUT2D eigenvalue weighted by molar-refractivity contribution is 5.79. The molecule has 74 valence electrons. The number of likely N-dealkylation sites (tertiary alicyclic amines) is 1. The highest BCUT2D eigenvalue weighted by Gasteiger charge is 2.27. The maximum Gasteiger partial charge on any atom is 0.225 e. The quantitative estimate of drug-likeness (QED) is 0.607. The van der Waals surface area contributed by atoms with Gasteiger partial charge in [0.25, 0.3) is 0 Å². The van der Waals surface area contributed by atoms with E-state index in [0.29, 0.717) is 11.8 Å². The second-order valence-electron chi connectivity index (χ2n) is 4.37. The molecule has 0 N–H and O–H groups in total. The molecule has 0 aromatic heterocycles. The Hall–Kier alpha value is -0.530. The van der Waals surface area contributed by atoms with Crippen molar-refractivity contribution in [2.75, 3.05) is 13.1 Å². The zero-order valence-corrected chi connectivity index (χ0v) is 8.30. The van der Waals surface area contributed by atoms with E-state index in [1.165, 1.54) is 32.1 Å². The number of rotatable bonds is 1. The van der Waals surface area contributed by atoms with Crippen molar-refractivity contribution < 1.29 is 4.79 Å². The maximum absolute atomic E-state index is 11.9. The number of amides is 1. The summed E-state index contributed by atoms with van der Waals surface area (Å²) in [6.45, 7) is 2.05. The van der Waals surface area contributed by atoms with Crippen LogP contribution in [0.25, 0.3) is 0 Å². The smallest absolute Gasteiger partial charge is 0.225 e. The monoisotopic (exact) mass is 181 g/mol. The molecule has 1 saturated carbocycles. The molecule has 0 aromatic carbocycles. The molecule has 0 bridgehead atoms. The molecule has 0 spiro atoms. The van der Waals surface area contributed by atoms with E-state index in [-0.39, 0.29) is 0 Å². The van der Waals surface area contributed by atoms with Gasteiger partial charge in [-0.1, -0.05) is 19.3 Å². The van der Waals surface area contributed by atoms with E-state index in [4.69, 9.17) is 0 Å². The molecule has 2 aliphatic rings. The second kappa shape index (κ2) is 4.12. The summed E-state index contributed by atoms with van der Waals surface area (Å²) in [6.07, 6.45) is 8.61. The Bertz CT molecular complexity index is 179. The molecule has 2 rings (SSSR count). The van der Waals surface area contributed by atoms with E-state index in [1.807, 2.05) is 0 Å². The fourth-order valence-electron chi connectivity index (χ4n) is 2.55. The third kappa shape index (κ3) is 2.04. The first kappa shape index (κ1) is 9.04. The lowest BCUT2D eigenvalue weighted by Crippen LogP contribution is -2.34. The van der Waals surface area contributed by atoms with Gasteiger partial charge in [-0.15, -0.1) is 0 Å². The van der Waals surface area contributed by atoms with Crippen LogP contribution in [0.15, 0.2) is 0 Å². The van der Waals surface area contributed by atoms with E-state index in [9.17, 15) is 4.79 Å². The van der Waals surface area contributed by atoms with E-state index in [1.54, 1.807) is 0 Å². The fraction of sp³-hybridized carbons (Fsp3) is 0.909. The minimum Gasteiger partial charge on any atom is -0.342 e. The van der Waals surface area contributed by atoms with Gasteiger partial charge >= 0.3 is 0 Å². The summed E-state index contributed by atoms with van der Waals surface area (Å²) in [4.78, 5) is 14.0. The van der Waals surface area contributed by atoms with Crippen molar-refractivity contribution >= 4 is 5.91 Å².